The maximum absolute atomic E-state index is 6.14. The summed E-state index contributed by atoms with van der Waals surface area (Å²) in [4.78, 5) is 9.15. The van der Waals surface area contributed by atoms with Crippen LogP contribution in [0.4, 0.5) is 22.7 Å². The van der Waals surface area contributed by atoms with E-state index in [1.165, 1.54) is 0 Å². The Morgan fingerprint density at radius 1 is 0.500 bits per heavy atom. The van der Waals surface area contributed by atoms with Crippen LogP contribution in [-0.4, -0.2) is 12.4 Å². The molecule has 4 aromatic rings. The molecule has 0 atom stereocenters. The number of benzene rings is 4. The van der Waals surface area contributed by atoms with Crippen molar-refractivity contribution in [3.63, 3.8) is 0 Å². The second-order valence-corrected chi connectivity index (χ2v) is 6.88. The van der Waals surface area contributed by atoms with E-state index in [1.807, 2.05) is 109 Å². The van der Waals surface area contributed by atoms with Crippen molar-refractivity contribution in [2.24, 2.45) is 9.98 Å². The van der Waals surface area contributed by atoms with E-state index in [0.717, 1.165) is 33.6 Å². The fourth-order valence-corrected chi connectivity index (χ4v) is 3.04. The Labute approximate surface area is 176 Å². The van der Waals surface area contributed by atoms with Gasteiger partial charge in [-0.15, -0.1) is 0 Å². The van der Waals surface area contributed by atoms with Crippen LogP contribution in [-0.2, 0) is 0 Å². The molecule has 0 radical (unpaired) electrons. The number of nitrogen functional groups attached to an aromatic ring is 2. The van der Waals surface area contributed by atoms with E-state index < -0.39 is 0 Å². The summed E-state index contributed by atoms with van der Waals surface area (Å²) >= 11 is 0. The SMILES string of the molecule is Nc1ccc(-c2ccc(N)c(N=Cc3ccccc3)c2)cc1N=Cc1ccccc1. The largest absolute Gasteiger partial charge is 0.397 e. The molecule has 0 amide bonds. The number of hydrogen-bond acceptors (Lipinski definition) is 4. The van der Waals surface area contributed by atoms with Crippen molar-refractivity contribution in [3.8, 4) is 11.1 Å². The van der Waals surface area contributed by atoms with Gasteiger partial charge in [-0.25, -0.2) is 0 Å². The monoisotopic (exact) mass is 390 g/mol. The van der Waals surface area contributed by atoms with Crippen LogP contribution in [0.3, 0.4) is 0 Å². The van der Waals surface area contributed by atoms with Gasteiger partial charge < -0.3 is 11.5 Å². The molecule has 146 valence electrons. The summed E-state index contributed by atoms with van der Waals surface area (Å²) in [6.07, 6.45) is 3.63. The molecule has 4 aromatic carbocycles. The molecule has 0 fully saturated rings. The van der Waals surface area contributed by atoms with Crippen molar-refractivity contribution in [1.29, 1.82) is 0 Å². The molecule has 0 saturated carbocycles. The molecule has 0 heterocycles. The van der Waals surface area contributed by atoms with Gasteiger partial charge in [0.2, 0.25) is 0 Å². The first kappa shape index (κ1) is 19.2. The highest BCUT2D eigenvalue weighted by atomic mass is 14.8. The van der Waals surface area contributed by atoms with Crippen LogP contribution < -0.4 is 11.5 Å². The van der Waals surface area contributed by atoms with E-state index in [-0.39, 0.29) is 0 Å². The van der Waals surface area contributed by atoms with Gasteiger partial charge in [0.25, 0.3) is 0 Å². The van der Waals surface area contributed by atoms with Gasteiger partial charge in [-0.05, 0) is 46.5 Å². The topological polar surface area (TPSA) is 76.8 Å². The first-order valence-corrected chi connectivity index (χ1v) is 9.67. The van der Waals surface area contributed by atoms with E-state index in [9.17, 15) is 0 Å². The second-order valence-electron chi connectivity index (χ2n) is 6.88. The third-order valence-corrected chi connectivity index (χ3v) is 4.70. The minimum absolute atomic E-state index is 0.628. The molecule has 4 heteroatoms. The fourth-order valence-electron chi connectivity index (χ4n) is 3.04. The molecule has 4 rings (SSSR count). The highest BCUT2D eigenvalue weighted by Gasteiger charge is 2.05. The van der Waals surface area contributed by atoms with Crippen molar-refractivity contribution in [2.75, 3.05) is 11.5 Å². The van der Waals surface area contributed by atoms with Gasteiger partial charge in [0, 0.05) is 12.4 Å². The first-order valence-electron chi connectivity index (χ1n) is 9.67. The van der Waals surface area contributed by atoms with E-state index in [4.69, 9.17) is 11.5 Å². The molecular formula is C26H22N4. The summed E-state index contributed by atoms with van der Waals surface area (Å²) in [5, 5.41) is 0. The predicted molar refractivity (Wildman–Crippen MR) is 128 cm³/mol. The molecule has 0 unspecified atom stereocenters. The minimum Gasteiger partial charge on any atom is -0.397 e. The van der Waals surface area contributed by atoms with Gasteiger partial charge in [-0.2, -0.15) is 0 Å². The van der Waals surface area contributed by atoms with E-state index in [1.54, 1.807) is 0 Å². The van der Waals surface area contributed by atoms with Crippen molar-refractivity contribution < 1.29 is 0 Å². The molecular weight excluding hydrogens is 368 g/mol. The average Bonchev–Trinajstić information content (AvgIpc) is 2.79. The summed E-state index contributed by atoms with van der Waals surface area (Å²) < 4.78 is 0. The Bertz CT molecular complexity index is 1100. The van der Waals surface area contributed by atoms with Crippen LogP contribution in [0.25, 0.3) is 11.1 Å². The molecule has 0 aromatic heterocycles. The summed E-state index contributed by atoms with van der Waals surface area (Å²) in [5.41, 5.74) is 19.0. The van der Waals surface area contributed by atoms with Crippen LogP contribution in [0.2, 0.25) is 0 Å². The van der Waals surface area contributed by atoms with E-state index in [2.05, 4.69) is 9.98 Å². The average molecular weight is 390 g/mol. The van der Waals surface area contributed by atoms with Gasteiger partial charge >= 0.3 is 0 Å². The van der Waals surface area contributed by atoms with Crippen LogP contribution in [0.1, 0.15) is 11.1 Å². The van der Waals surface area contributed by atoms with Crippen molar-refractivity contribution in [2.45, 2.75) is 0 Å². The lowest BCUT2D eigenvalue weighted by Crippen LogP contribution is -1.90. The van der Waals surface area contributed by atoms with Crippen molar-refractivity contribution in [1.82, 2.24) is 0 Å². The Balaban J connectivity index is 1.64. The third kappa shape index (κ3) is 4.62. The Morgan fingerprint density at radius 2 is 0.900 bits per heavy atom. The number of nitrogens with two attached hydrogens (primary N) is 2. The summed E-state index contributed by atoms with van der Waals surface area (Å²) in [6.45, 7) is 0. The van der Waals surface area contributed by atoms with E-state index in [0.29, 0.717) is 11.4 Å². The molecule has 0 aliphatic carbocycles. The quantitative estimate of drug-likeness (QED) is 0.323. The molecule has 4 nitrogen and oxygen atoms in total. The first-order chi connectivity index (χ1) is 14.7. The van der Waals surface area contributed by atoms with Crippen LogP contribution in [0.5, 0.6) is 0 Å². The van der Waals surface area contributed by atoms with Gasteiger partial charge in [-0.1, -0.05) is 72.8 Å². The summed E-state index contributed by atoms with van der Waals surface area (Å²) in [7, 11) is 0. The van der Waals surface area contributed by atoms with Crippen molar-refractivity contribution >= 4 is 35.2 Å². The molecule has 4 N–H and O–H groups in total. The Kier molecular flexibility index (Phi) is 5.67. The summed E-state index contributed by atoms with van der Waals surface area (Å²) in [6, 6.07) is 31.5. The van der Waals surface area contributed by atoms with Crippen molar-refractivity contribution in [3.05, 3.63) is 108 Å². The number of rotatable bonds is 5. The second kappa shape index (κ2) is 8.88. The van der Waals surface area contributed by atoms with Gasteiger partial charge in [0.05, 0.1) is 22.7 Å². The number of aliphatic imine (C=N–C) groups is 2. The number of hydrogen-bond donors (Lipinski definition) is 2. The highest BCUT2D eigenvalue weighted by molar-refractivity contribution is 5.87. The van der Waals surface area contributed by atoms with Gasteiger partial charge in [0.15, 0.2) is 0 Å². The van der Waals surface area contributed by atoms with Crippen LogP contribution in [0.15, 0.2) is 107 Å². The van der Waals surface area contributed by atoms with E-state index >= 15 is 0 Å². The molecule has 0 saturated heterocycles. The molecule has 0 aliphatic rings. The number of nitrogens with zero attached hydrogens (tertiary/aromatic N) is 2. The molecule has 0 spiro atoms. The zero-order valence-corrected chi connectivity index (χ0v) is 16.4. The molecule has 0 bridgehead atoms. The Hall–Kier alpha value is -4.18. The van der Waals surface area contributed by atoms with Gasteiger partial charge in [0.1, 0.15) is 0 Å². The van der Waals surface area contributed by atoms with Gasteiger partial charge in [-0.3, -0.25) is 9.98 Å². The maximum Gasteiger partial charge on any atom is 0.0865 e. The maximum atomic E-state index is 6.14. The zero-order chi connectivity index (χ0) is 20.8. The van der Waals surface area contributed by atoms with Crippen LogP contribution in [0, 0.1) is 0 Å². The zero-order valence-electron chi connectivity index (χ0n) is 16.4. The minimum atomic E-state index is 0.628. The normalized spacial score (nSPS) is 11.3. The fraction of sp³-hybridized carbons (Fsp3) is 0. The lowest BCUT2D eigenvalue weighted by Gasteiger charge is -2.08. The highest BCUT2D eigenvalue weighted by Crippen LogP contribution is 2.33. The number of anilines is 2. The summed E-state index contributed by atoms with van der Waals surface area (Å²) in [5.74, 6) is 0. The molecule has 30 heavy (non-hydrogen) atoms. The smallest absolute Gasteiger partial charge is 0.0865 e. The standard InChI is InChI=1S/C26H22N4/c27-23-13-11-21(15-25(23)29-17-19-7-3-1-4-8-19)22-12-14-24(28)26(16-22)30-18-20-9-5-2-6-10-20/h1-18H,27-28H2. The lowest BCUT2D eigenvalue weighted by molar-refractivity contribution is 1.49. The van der Waals surface area contributed by atoms with Crippen LogP contribution >= 0.6 is 0 Å². The Morgan fingerprint density at radius 3 is 1.30 bits per heavy atom. The predicted octanol–water partition coefficient (Wildman–Crippen LogP) is 6.02. The lowest BCUT2D eigenvalue weighted by atomic mass is 10.0. The third-order valence-electron chi connectivity index (χ3n) is 4.70. The molecule has 0 aliphatic heterocycles.